The molecule has 154 valence electrons. The van der Waals surface area contributed by atoms with Gasteiger partial charge in [-0.05, 0) is 58.6 Å². The number of hydrazine groups is 1. The largest absolute Gasteiger partial charge is 0.493 e. The molecule has 5 nitrogen and oxygen atoms in total. The molecule has 2 atom stereocenters. The Morgan fingerprint density at radius 3 is 2.83 bits per heavy atom. The molecule has 0 unspecified atom stereocenters. The molecule has 3 aromatic rings. The molecule has 7 heteroatoms. The van der Waals surface area contributed by atoms with Crippen LogP contribution in [0.1, 0.15) is 35.2 Å². The first-order chi connectivity index (χ1) is 14.7. The Morgan fingerprint density at radius 2 is 2.07 bits per heavy atom. The van der Waals surface area contributed by atoms with Crippen LogP contribution in [0.4, 0.5) is 0 Å². The van der Waals surface area contributed by atoms with E-state index in [4.69, 9.17) is 14.2 Å². The summed E-state index contributed by atoms with van der Waals surface area (Å²) in [4.78, 5) is 1.20. The highest BCUT2D eigenvalue weighted by Gasteiger charge is 2.40. The lowest BCUT2D eigenvalue weighted by molar-refractivity contribution is -0.0327. The lowest BCUT2D eigenvalue weighted by atomic mass is 10.0. The van der Waals surface area contributed by atoms with Gasteiger partial charge in [-0.3, -0.25) is 0 Å². The van der Waals surface area contributed by atoms with E-state index in [1.165, 1.54) is 4.88 Å². The zero-order valence-electron chi connectivity index (χ0n) is 16.6. The number of nitrogens with one attached hydrogen (secondary N) is 1. The molecule has 0 saturated heterocycles. The third kappa shape index (κ3) is 3.27. The summed E-state index contributed by atoms with van der Waals surface area (Å²) in [6.45, 7) is 2.52. The highest BCUT2D eigenvalue weighted by atomic mass is 79.9. The molecular weight excluding hydrogens is 464 g/mol. The Morgan fingerprint density at radius 1 is 1.20 bits per heavy atom. The minimum absolute atomic E-state index is 0.0633. The van der Waals surface area contributed by atoms with Gasteiger partial charge in [0.25, 0.3) is 0 Å². The molecule has 3 heterocycles. The summed E-state index contributed by atoms with van der Waals surface area (Å²) in [5.74, 6) is 2.26. The summed E-state index contributed by atoms with van der Waals surface area (Å²) in [6.07, 6.45) is 1.93. The standard InChI is InChI=1S/C23H21BrN2O3S/c1-3-28-22-16(24)11-14(12-20(22)27-2)23-26-18(15-7-4-5-8-19(15)29-23)13-17(25-26)21-9-6-10-30-21/h4-13,18,23,25H,3H2,1-2H3/t18-,23-/m0/s1. The van der Waals surface area contributed by atoms with E-state index in [0.29, 0.717) is 18.1 Å². The second-order valence-corrected chi connectivity index (χ2v) is 8.80. The smallest absolute Gasteiger partial charge is 0.196 e. The fourth-order valence-electron chi connectivity index (χ4n) is 3.90. The highest BCUT2D eigenvalue weighted by Crippen LogP contribution is 2.48. The van der Waals surface area contributed by atoms with Crippen molar-refractivity contribution >= 4 is 33.0 Å². The van der Waals surface area contributed by atoms with Crippen molar-refractivity contribution in [3.05, 3.63) is 80.5 Å². The van der Waals surface area contributed by atoms with Gasteiger partial charge >= 0.3 is 0 Å². The topological polar surface area (TPSA) is 43.0 Å². The molecule has 2 aliphatic rings. The molecule has 0 amide bonds. The maximum absolute atomic E-state index is 6.47. The lowest BCUT2D eigenvalue weighted by Gasteiger charge is -2.39. The van der Waals surface area contributed by atoms with Crippen LogP contribution in [0.25, 0.3) is 5.70 Å². The number of ether oxygens (including phenoxy) is 3. The van der Waals surface area contributed by atoms with Crippen LogP contribution in [-0.2, 0) is 0 Å². The first-order valence-electron chi connectivity index (χ1n) is 9.76. The fourth-order valence-corrected chi connectivity index (χ4v) is 5.18. The predicted octanol–water partition coefficient (Wildman–Crippen LogP) is 5.91. The maximum Gasteiger partial charge on any atom is 0.196 e. The second kappa shape index (κ2) is 7.98. The molecule has 0 fully saturated rings. The number of hydrogen-bond acceptors (Lipinski definition) is 6. The minimum Gasteiger partial charge on any atom is -0.493 e. The Balaban J connectivity index is 1.58. The molecule has 5 rings (SSSR count). The summed E-state index contributed by atoms with van der Waals surface area (Å²) < 4.78 is 18.7. The number of fused-ring (bicyclic) bond motifs is 3. The normalized spacial score (nSPS) is 19.9. The SMILES string of the molecule is CCOc1c(Br)cc([C@@H]2Oc3ccccc3[C@@H]3C=C(c4cccs4)NN32)cc1OC. The molecular formula is C23H21BrN2O3S. The number of halogens is 1. The molecule has 30 heavy (non-hydrogen) atoms. The van der Waals surface area contributed by atoms with E-state index in [1.807, 2.05) is 37.3 Å². The Labute approximate surface area is 188 Å². The molecule has 0 aliphatic carbocycles. The van der Waals surface area contributed by atoms with Crippen molar-refractivity contribution in [3.63, 3.8) is 0 Å². The van der Waals surface area contributed by atoms with Crippen LogP contribution < -0.4 is 19.6 Å². The van der Waals surface area contributed by atoms with E-state index in [2.05, 4.69) is 56.0 Å². The predicted molar refractivity (Wildman–Crippen MR) is 122 cm³/mol. The first kappa shape index (κ1) is 19.5. The number of benzene rings is 2. The Bertz CT molecular complexity index is 1100. The quantitative estimate of drug-likeness (QED) is 0.487. The zero-order valence-corrected chi connectivity index (χ0v) is 19.0. The average Bonchev–Trinajstić information content (AvgIpc) is 3.44. The van der Waals surface area contributed by atoms with Crippen LogP contribution in [0.5, 0.6) is 17.2 Å². The van der Waals surface area contributed by atoms with Crippen LogP contribution in [-0.4, -0.2) is 18.7 Å². The van der Waals surface area contributed by atoms with Crippen molar-refractivity contribution in [1.29, 1.82) is 0 Å². The minimum atomic E-state index is -0.334. The summed E-state index contributed by atoms with van der Waals surface area (Å²) in [5, 5.41) is 4.24. The maximum atomic E-state index is 6.47. The van der Waals surface area contributed by atoms with Gasteiger partial charge in [0.15, 0.2) is 17.7 Å². The summed E-state index contributed by atoms with van der Waals surface area (Å²) in [5.41, 5.74) is 6.78. The lowest BCUT2D eigenvalue weighted by Crippen LogP contribution is -2.43. The molecule has 2 aliphatic heterocycles. The van der Waals surface area contributed by atoms with Crippen molar-refractivity contribution in [2.75, 3.05) is 13.7 Å². The monoisotopic (exact) mass is 484 g/mol. The average molecular weight is 485 g/mol. The third-order valence-electron chi connectivity index (χ3n) is 5.21. The van der Waals surface area contributed by atoms with Gasteiger partial charge in [-0.1, -0.05) is 24.3 Å². The van der Waals surface area contributed by atoms with Gasteiger partial charge in [0, 0.05) is 11.1 Å². The molecule has 1 aromatic heterocycles. The van der Waals surface area contributed by atoms with Gasteiger partial charge in [-0.2, -0.15) is 5.01 Å². The number of rotatable bonds is 5. The Hall–Kier alpha value is -2.48. The van der Waals surface area contributed by atoms with Crippen molar-refractivity contribution in [2.24, 2.45) is 0 Å². The van der Waals surface area contributed by atoms with E-state index < -0.39 is 0 Å². The molecule has 1 N–H and O–H groups in total. The first-order valence-corrected chi connectivity index (χ1v) is 11.4. The van der Waals surface area contributed by atoms with E-state index in [-0.39, 0.29) is 12.3 Å². The van der Waals surface area contributed by atoms with E-state index in [0.717, 1.165) is 27.0 Å². The molecule has 0 radical (unpaired) electrons. The third-order valence-corrected chi connectivity index (χ3v) is 6.71. The van der Waals surface area contributed by atoms with E-state index in [1.54, 1.807) is 18.4 Å². The summed E-state index contributed by atoms with van der Waals surface area (Å²) >= 11 is 5.36. The fraction of sp³-hybridized carbons (Fsp3) is 0.217. The number of thiophene rings is 1. The number of para-hydroxylation sites is 1. The van der Waals surface area contributed by atoms with Crippen LogP contribution in [0.15, 0.2) is 64.5 Å². The van der Waals surface area contributed by atoms with Crippen molar-refractivity contribution in [1.82, 2.24) is 10.4 Å². The molecule has 0 saturated carbocycles. The van der Waals surface area contributed by atoms with Gasteiger partial charge in [0.1, 0.15) is 5.75 Å². The van der Waals surface area contributed by atoms with E-state index in [9.17, 15) is 0 Å². The van der Waals surface area contributed by atoms with Crippen LogP contribution >= 0.6 is 27.3 Å². The van der Waals surface area contributed by atoms with Gasteiger partial charge in [0.2, 0.25) is 0 Å². The van der Waals surface area contributed by atoms with Gasteiger partial charge in [0.05, 0.1) is 34.8 Å². The van der Waals surface area contributed by atoms with Crippen molar-refractivity contribution < 1.29 is 14.2 Å². The Kier molecular flexibility index (Phi) is 5.18. The van der Waals surface area contributed by atoms with Gasteiger partial charge < -0.3 is 19.6 Å². The summed E-state index contributed by atoms with van der Waals surface area (Å²) in [6, 6.07) is 16.5. The highest BCUT2D eigenvalue weighted by molar-refractivity contribution is 9.10. The van der Waals surface area contributed by atoms with Crippen molar-refractivity contribution in [3.8, 4) is 17.2 Å². The number of nitrogens with zero attached hydrogens (tertiary/aromatic N) is 1. The molecule has 0 bridgehead atoms. The summed E-state index contributed by atoms with van der Waals surface area (Å²) in [7, 11) is 1.65. The van der Waals surface area contributed by atoms with Crippen LogP contribution in [0.3, 0.4) is 0 Å². The second-order valence-electron chi connectivity index (χ2n) is 7.00. The number of hydrogen-bond donors (Lipinski definition) is 1. The van der Waals surface area contributed by atoms with Crippen LogP contribution in [0.2, 0.25) is 0 Å². The molecule has 2 aromatic carbocycles. The van der Waals surface area contributed by atoms with E-state index >= 15 is 0 Å². The zero-order chi connectivity index (χ0) is 20.7. The molecule has 0 spiro atoms. The number of methoxy groups -OCH3 is 1. The van der Waals surface area contributed by atoms with Crippen molar-refractivity contribution in [2.45, 2.75) is 19.2 Å². The van der Waals surface area contributed by atoms with Crippen LogP contribution in [0, 0.1) is 0 Å². The van der Waals surface area contributed by atoms with Gasteiger partial charge in [-0.25, -0.2) is 0 Å². The van der Waals surface area contributed by atoms with Gasteiger partial charge in [-0.15, -0.1) is 11.3 Å².